The Morgan fingerprint density at radius 3 is 2.48 bits per heavy atom. The van der Waals surface area contributed by atoms with E-state index in [1.165, 1.54) is 0 Å². The summed E-state index contributed by atoms with van der Waals surface area (Å²) in [6, 6.07) is 3.71. The Labute approximate surface area is 135 Å². The van der Waals surface area contributed by atoms with Crippen LogP contribution < -0.4 is 5.73 Å². The molecule has 0 saturated carbocycles. The first-order valence-electron chi connectivity index (χ1n) is 7.45. The maximum absolute atomic E-state index is 12.7. The Kier molecular flexibility index (Phi) is 5.27. The number of piperazine rings is 1. The summed E-state index contributed by atoms with van der Waals surface area (Å²) in [7, 11) is 0. The molecule has 1 aromatic rings. The number of anilines is 1. The normalized spacial score (nSPS) is 16.5. The Hall–Kier alpha value is -1.07. The number of carbonyl (C=O) groups excluding carboxylic acids is 1. The van der Waals surface area contributed by atoms with Crippen LogP contribution in [0, 0.1) is 12.8 Å². The number of carbonyl (C=O) groups is 1. The second kappa shape index (κ2) is 6.79. The van der Waals surface area contributed by atoms with Crippen LogP contribution in [0.25, 0.3) is 0 Å². The van der Waals surface area contributed by atoms with Crippen molar-refractivity contribution < 1.29 is 4.79 Å². The lowest BCUT2D eigenvalue weighted by molar-refractivity contribution is 0.0623. The van der Waals surface area contributed by atoms with E-state index in [2.05, 4.69) is 34.7 Å². The van der Waals surface area contributed by atoms with E-state index in [9.17, 15) is 4.79 Å². The van der Waals surface area contributed by atoms with Gasteiger partial charge in [0, 0.05) is 48.4 Å². The highest BCUT2D eigenvalue weighted by atomic mass is 79.9. The fraction of sp³-hybridized carbons (Fsp3) is 0.562. The fourth-order valence-corrected chi connectivity index (χ4v) is 3.22. The van der Waals surface area contributed by atoms with Crippen LogP contribution in [-0.2, 0) is 0 Å². The zero-order chi connectivity index (χ0) is 15.6. The van der Waals surface area contributed by atoms with Gasteiger partial charge in [0.25, 0.3) is 5.91 Å². The predicted octanol–water partition coefficient (Wildman–Crippen LogP) is 2.75. The summed E-state index contributed by atoms with van der Waals surface area (Å²) in [6.07, 6.45) is 0. The maximum Gasteiger partial charge on any atom is 0.254 e. The molecule has 0 radical (unpaired) electrons. The van der Waals surface area contributed by atoms with Gasteiger partial charge in [-0.2, -0.15) is 0 Å². The van der Waals surface area contributed by atoms with Crippen molar-refractivity contribution in [2.75, 3.05) is 38.5 Å². The molecule has 1 heterocycles. The number of hydrogen-bond donors (Lipinski definition) is 1. The topological polar surface area (TPSA) is 49.6 Å². The highest BCUT2D eigenvalue weighted by Crippen LogP contribution is 2.24. The van der Waals surface area contributed by atoms with E-state index in [1.807, 2.05) is 24.0 Å². The molecule has 4 nitrogen and oxygen atoms in total. The van der Waals surface area contributed by atoms with Gasteiger partial charge in [-0.05, 0) is 30.5 Å². The van der Waals surface area contributed by atoms with Gasteiger partial charge in [0.05, 0.1) is 0 Å². The summed E-state index contributed by atoms with van der Waals surface area (Å²) in [5.41, 5.74) is 8.19. The van der Waals surface area contributed by atoms with Gasteiger partial charge in [-0.1, -0.05) is 29.8 Å². The number of rotatable bonds is 3. The molecule has 1 fully saturated rings. The predicted molar refractivity (Wildman–Crippen MR) is 90.5 cm³/mol. The molecule has 2 N–H and O–H groups in total. The Morgan fingerprint density at radius 2 is 1.90 bits per heavy atom. The summed E-state index contributed by atoms with van der Waals surface area (Å²) in [5, 5.41) is 0. The standard InChI is InChI=1S/C16H24BrN3O/c1-11(2)10-19-4-6-20(7-5-19)16(21)14-8-13(17)9-15(18)12(14)3/h8-9,11H,4-7,10,18H2,1-3H3. The molecule has 0 bridgehead atoms. The second-order valence-electron chi connectivity index (χ2n) is 6.15. The number of nitrogens with zero attached hydrogens (tertiary/aromatic N) is 2. The summed E-state index contributed by atoms with van der Waals surface area (Å²) in [5.74, 6) is 0.754. The van der Waals surface area contributed by atoms with E-state index in [1.54, 1.807) is 0 Å². The van der Waals surface area contributed by atoms with E-state index < -0.39 is 0 Å². The third kappa shape index (κ3) is 3.98. The van der Waals surface area contributed by atoms with Crippen molar-refractivity contribution in [1.29, 1.82) is 0 Å². The Balaban J connectivity index is 2.06. The minimum atomic E-state index is 0.0877. The van der Waals surface area contributed by atoms with Crippen molar-refractivity contribution in [3.05, 3.63) is 27.7 Å². The molecule has 1 aliphatic heterocycles. The first-order valence-corrected chi connectivity index (χ1v) is 8.25. The highest BCUT2D eigenvalue weighted by Gasteiger charge is 2.24. The lowest BCUT2D eigenvalue weighted by Crippen LogP contribution is -2.49. The van der Waals surface area contributed by atoms with Gasteiger partial charge in [-0.3, -0.25) is 9.69 Å². The van der Waals surface area contributed by atoms with E-state index >= 15 is 0 Å². The Morgan fingerprint density at radius 1 is 1.29 bits per heavy atom. The highest BCUT2D eigenvalue weighted by molar-refractivity contribution is 9.10. The number of nitrogen functional groups attached to an aromatic ring is 1. The minimum Gasteiger partial charge on any atom is -0.398 e. The molecule has 0 atom stereocenters. The van der Waals surface area contributed by atoms with Crippen LogP contribution in [0.2, 0.25) is 0 Å². The number of benzene rings is 1. The minimum absolute atomic E-state index is 0.0877. The van der Waals surface area contributed by atoms with E-state index in [-0.39, 0.29) is 5.91 Å². The molecule has 0 spiro atoms. The molecule has 116 valence electrons. The monoisotopic (exact) mass is 353 g/mol. The summed E-state index contributed by atoms with van der Waals surface area (Å²) in [6.45, 7) is 10.9. The molecule has 1 aliphatic rings. The summed E-state index contributed by atoms with van der Waals surface area (Å²) >= 11 is 3.42. The Bertz CT molecular complexity index is 522. The van der Waals surface area contributed by atoms with Gasteiger partial charge in [-0.15, -0.1) is 0 Å². The molecule has 0 aromatic heterocycles. The molecule has 21 heavy (non-hydrogen) atoms. The average Bonchev–Trinajstić information content (AvgIpc) is 2.42. The zero-order valence-corrected chi connectivity index (χ0v) is 14.6. The first kappa shape index (κ1) is 16.3. The second-order valence-corrected chi connectivity index (χ2v) is 7.07. The van der Waals surface area contributed by atoms with Crippen LogP contribution in [0.5, 0.6) is 0 Å². The third-order valence-corrected chi connectivity index (χ3v) is 4.38. The smallest absolute Gasteiger partial charge is 0.254 e. The van der Waals surface area contributed by atoms with E-state index in [4.69, 9.17) is 5.73 Å². The number of halogens is 1. The van der Waals surface area contributed by atoms with Crippen molar-refractivity contribution in [3.8, 4) is 0 Å². The average molecular weight is 354 g/mol. The SMILES string of the molecule is Cc1c(N)cc(Br)cc1C(=O)N1CCN(CC(C)C)CC1. The van der Waals surface area contributed by atoms with Crippen LogP contribution in [-0.4, -0.2) is 48.4 Å². The third-order valence-electron chi connectivity index (χ3n) is 3.93. The molecule has 0 unspecified atom stereocenters. The molecule has 2 rings (SSSR count). The van der Waals surface area contributed by atoms with Crippen molar-refractivity contribution in [2.45, 2.75) is 20.8 Å². The molecule has 1 aromatic carbocycles. The van der Waals surface area contributed by atoms with Crippen molar-refractivity contribution in [3.63, 3.8) is 0 Å². The van der Waals surface area contributed by atoms with Gasteiger partial charge < -0.3 is 10.6 Å². The van der Waals surface area contributed by atoms with Crippen LogP contribution in [0.4, 0.5) is 5.69 Å². The lowest BCUT2D eigenvalue weighted by Gasteiger charge is -2.35. The molecule has 1 amide bonds. The quantitative estimate of drug-likeness (QED) is 0.850. The number of nitrogens with two attached hydrogens (primary N) is 1. The maximum atomic E-state index is 12.7. The zero-order valence-electron chi connectivity index (χ0n) is 13.0. The van der Waals surface area contributed by atoms with Gasteiger partial charge >= 0.3 is 0 Å². The summed E-state index contributed by atoms with van der Waals surface area (Å²) in [4.78, 5) is 17.0. The van der Waals surface area contributed by atoms with Crippen LogP contribution in [0.3, 0.4) is 0 Å². The fourth-order valence-electron chi connectivity index (χ4n) is 2.74. The van der Waals surface area contributed by atoms with Crippen LogP contribution in [0.1, 0.15) is 29.8 Å². The molecule has 5 heteroatoms. The van der Waals surface area contributed by atoms with Gasteiger partial charge in [0.15, 0.2) is 0 Å². The summed E-state index contributed by atoms with van der Waals surface area (Å²) < 4.78 is 0.854. The van der Waals surface area contributed by atoms with Gasteiger partial charge in [0.1, 0.15) is 0 Å². The van der Waals surface area contributed by atoms with Crippen molar-refractivity contribution >= 4 is 27.5 Å². The van der Waals surface area contributed by atoms with Crippen molar-refractivity contribution in [1.82, 2.24) is 9.80 Å². The first-order chi connectivity index (χ1) is 9.88. The van der Waals surface area contributed by atoms with Crippen LogP contribution >= 0.6 is 15.9 Å². The van der Waals surface area contributed by atoms with Gasteiger partial charge in [-0.25, -0.2) is 0 Å². The molecule has 0 aliphatic carbocycles. The van der Waals surface area contributed by atoms with E-state index in [0.717, 1.165) is 42.8 Å². The van der Waals surface area contributed by atoms with Gasteiger partial charge in [0.2, 0.25) is 0 Å². The molecule has 1 saturated heterocycles. The molecular formula is C16H24BrN3O. The largest absolute Gasteiger partial charge is 0.398 e. The van der Waals surface area contributed by atoms with E-state index in [0.29, 0.717) is 17.2 Å². The molecular weight excluding hydrogens is 330 g/mol. The van der Waals surface area contributed by atoms with Crippen molar-refractivity contribution in [2.24, 2.45) is 5.92 Å². The number of hydrogen-bond acceptors (Lipinski definition) is 3. The lowest BCUT2D eigenvalue weighted by atomic mass is 10.1. The number of amides is 1. The van der Waals surface area contributed by atoms with Crippen LogP contribution in [0.15, 0.2) is 16.6 Å².